The predicted octanol–water partition coefficient (Wildman–Crippen LogP) is 3.84. The van der Waals surface area contributed by atoms with E-state index in [2.05, 4.69) is 53.5 Å². The van der Waals surface area contributed by atoms with E-state index in [0.29, 0.717) is 13.0 Å². The van der Waals surface area contributed by atoms with Crippen molar-refractivity contribution in [3.8, 4) is 0 Å². The molecule has 0 radical (unpaired) electrons. The molecule has 1 N–H and O–H groups in total. The van der Waals surface area contributed by atoms with Gasteiger partial charge < -0.3 is 5.32 Å². The van der Waals surface area contributed by atoms with Crippen LogP contribution in [-0.4, -0.2) is 23.9 Å². The first-order valence-electron chi connectivity index (χ1n) is 9.32. The van der Waals surface area contributed by atoms with Crippen molar-refractivity contribution < 1.29 is 4.79 Å². The Hall–Kier alpha value is -2.13. The largest absolute Gasteiger partial charge is 0.352 e. The Morgan fingerprint density at radius 1 is 0.960 bits per heavy atom. The van der Waals surface area contributed by atoms with Crippen molar-refractivity contribution in [2.75, 3.05) is 13.1 Å². The lowest BCUT2D eigenvalue weighted by atomic mass is 10.0. The minimum absolute atomic E-state index is 0.0802. The number of hydrogen-bond acceptors (Lipinski definition) is 2. The van der Waals surface area contributed by atoms with Gasteiger partial charge >= 0.3 is 0 Å². The van der Waals surface area contributed by atoms with Gasteiger partial charge in [-0.15, -0.1) is 0 Å². The van der Waals surface area contributed by atoms with Crippen LogP contribution in [0.25, 0.3) is 0 Å². The van der Waals surface area contributed by atoms with Crippen molar-refractivity contribution in [1.82, 2.24) is 10.2 Å². The number of nitrogens with one attached hydrogen (secondary N) is 1. The van der Waals surface area contributed by atoms with Crippen LogP contribution in [-0.2, 0) is 24.3 Å². The van der Waals surface area contributed by atoms with E-state index in [4.69, 9.17) is 0 Å². The number of amides is 1. The van der Waals surface area contributed by atoms with Gasteiger partial charge in [0.05, 0.1) is 6.42 Å². The van der Waals surface area contributed by atoms with Gasteiger partial charge in [-0.2, -0.15) is 0 Å². The van der Waals surface area contributed by atoms with Crippen molar-refractivity contribution in [3.05, 3.63) is 70.8 Å². The first-order valence-corrected chi connectivity index (χ1v) is 9.32. The topological polar surface area (TPSA) is 32.3 Å². The number of piperidine rings is 1. The summed E-state index contributed by atoms with van der Waals surface area (Å²) in [7, 11) is 0. The predicted molar refractivity (Wildman–Crippen MR) is 102 cm³/mol. The molecule has 3 nitrogen and oxygen atoms in total. The van der Waals surface area contributed by atoms with Crippen molar-refractivity contribution in [1.29, 1.82) is 0 Å². The van der Waals surface area contributed by atoms with E-state index >= 15 is 0 Å². The van der Waals surface area contributed by atoms with Gasteiger partial charge in [0, 0.05) is 13.1 Å². The zero-order valence-corrected chi connectivity index (χ0v) is 15.1. The maximum atomic E-state index is 12.3. The number of hydrogen-bond donors (Lipinski definition) is 1. The summed E-state index contributed by atoms with van der Waals surface area (Å²) in [6, 6.07) is 16.6. The van der Waals surface area contributed by atoms with Crippen LogP contribution in [0.4, 0.5) is 0 Å². The zero-order valence-electron chi connectivity index (χ0n) is 15.1. The lowest BCUT2D eigenvalue weighted by Crippen LogP contribution is -2.30. The second-order valence-electron chi connectivity index (χ2n) is 7.04. The summed E-state index contributed by atoms with van der Waals surface area (Å²) in [4.78, 5) is 14.8. The number of carbonyl (C=O) groups excluding carboxylic acids is 1. The molecular formula is C22H28N2O. The van der Waals surface area contributed by atoms with Crippen LogP contribution in [0, 0.1) is 6.92 Å². The molecule has 1 saturated heterocycles. The fourth-order valence-electron chi connectivity index (χ4n) is 3.39. The number of carbonyl (C=O) groups is 1. The SMILES string of the molecule is Cc1ccc(CC(=O)NCc2ccccc2CN2CCCCC2)cc1. The molecule has 0 aromatic heterocycles. The summed E-state index contributed by atoms with van der Waals surface area (Å²) < 4.78 is 0. The van der Waals surface area contributed by atoms with E-state index in [0.717, 1.165) is 12.1 Å². The molecule has 0 unspecified atom stereocenters. The highest BCUT2D eigenvalue weighted by Gasteiger charge is 2.12. The maximum absolute atomic E-state index is 12.3. The molecule has 1 aliphatic heterocycles. The molecule has 132 valence electrons. The Bertz CT molecular complexity index is 687. The standard InChI is InChI=1S/C22H28N2O/c1-18-9-11-19(12-10-18)15-22(25)23-16-20-7-3-4-8-21(20)17-24-13-5-2-6-14-24/h3-4,7-12H,2,5-6,13-17H2,1H3,(H,23,25). The van der Waals surface area contributed by atoms with Crippen LogP contribution in [0.3, 0.4) is 0 Å². The van der Waals surface area contributed by atoms with Gasteiger partial charge in [0.15, 0.2) is 0 Å². The number of likely N-dealkylation sites (tertiary alicyclic amines) is 1. The van der Waals surface area contributed by atoms with Crippen LogP contribution in [0.5, 0.6) is 0 Å². The normalized spacial score (nSPS) is 15.1. The highest BCUT2D eigenvalue weighted by Crippen LogP contribution is 2.16. The molecule has 0 saturated carbocycles. The molecule has 3 rings (SSSR count). The van der Waals surface area contributed by atoms with Crippen molar-refractivity contribution >= 4 is 5.91 Å². The quantitative estimate of drug-likeness (QED) is 0.869. The van der Waals surface area contributed by atoms with E-state index < -0.39 is 0 Å². The van der Waals surface area contributed by atoms with E-state index in [1.165, 1.54) is 49.0 Å². The zero-order chi connectivity index (χ0) is 17.5. The summed E-state index contributed by atoms with van der Waals surface area (Å²) in [5, 5.41) is 3.08. The molecule has 0 spiro atoms. The third-order valence-corrected chi connectivity index (χ3v) is 4.92. The lowest BCUT2D eigenvalue weighted by Gasteiger charge is -2.27. The van der Waals surface area contributed by atoms with Crippen LogP contribution in [0.2, 0.25) is 0 Å². The maximum Gasteiger partial charge on any atom is 0.224 e. The molecule has 0 aliphatic carbocycles. The smallest absolute Gasteiger partial charge is 0.224 e. The van der Waals surface area contributed by atoms with Crippen LogP contribution in [0.15, 0.2) is 48.5 Å². The highest BCUT2D eigenvalue weighted by atomic mass is 16.1. The van der Waals surface area contributed by atoms with Gasteiger partial charge in [0.1, 0.15) is 0 Å². The Kier molecular flexibility index (Phi) is 6.24. The Balaban J connectivity index is 1.55. The van der Waals surface area contributed by atoms with Gasteiger partial charge in [-0.25, -0.2) is 0 Å². The molecule has 3 heteroatoms. The van der Waals surface area contributed by atoms with Gasteiger partial charge in [-0.05, 0) is 49.5 Å². The lowest BCUT2D eigenvalue weighted by molar-refractivity contribution is -0.120. The monoisotopic (exact) mass is 336 g/mol. The van der Waals surface area contributed by atoms with Gasteiger partial charge in [-0.1, -0.05) is 60.5 Å². The summed E-state index contributed by atoms with van der Waals surface area (Å²) in [6.45, 7) is 6.03. The molecule has 1 fully saturated rings. The molecule has 0 atom stereocenters. The fraction of sp³-hybridized carbons (Fsp3) is 0.409. The first kappa shape index (κ1) is 17.7. The Labute approximate surface area is 151 Å². The molecule has 2 aromatic carbocycles. The molecule has 2 aromatic rings. The number of rotatable bonds is 6. The Morgan fingerprint density at radius 2 is 1.64 bits per heavy atom. The van der Waals surface area contributed by atoms with Crippen molar-refractivity contribution in [2.24, 2.45) is 0 Å². The van der Waals surface area contributed by atoms with E-state index in [1.807, 2.05) is 12.1 Å². The second kappa shape index (κ2) is 8.82. The van der Waals surface area contributed by atoms with Crippen LogP contribution >= 0.6 is 0 Å². The molecular weight excluding hydrogens is 308 g/mol. The van der Waals surface area contributed by atoms with E-state index in [1.54, 1.807) is 0 Å². The van der Waals surface area contributed by atoms with Gasteiger partial charge in [-0.3, -0.25) is 9.69 Å². The summed E-state index contributed by atoms with van der Waals surface area (Å²) in [6.07, 6.45) is 4.40. The summed E-state index contributed by atoms with van der Waals surface area (Å²) in [5.41, 5.74) is 4.84. The fourth-order valence-corrected chi connectivity index (χ4v) is 3.39. The molecule has 1 aliphatic rings. The summed E-state index contributed by atoms with van der Waals surface area (Å²) >= 11 is 0. The average molecular weight is 336 g/mol. The second-order valence-corrected chi connectivity index (χ2v) is 7.04. The molecule has 1 heterocycles. The summed E-state index contributed by atoms with van der Waals surface area (Å²) in [5.74, 6) is 0.0802. The highest BCUT2D eigenvalue weighted by molar-refractivity contribution is 5.78. The van der Waals surface area contributed by atoms with E-state index in [-0.39, 0.29) is 5.91 Å². The molecule has 25 heavy (non-hydrogen) atoms. The van der Waals surface area contributed by atoms with Crippen molar-refractivity contribution in [3.63, 3.8) is 0 Å². The van der Waals surface area contributed by atoms with Gasteiger partial charge in [0.25, 0.3) is 0 Å². The third-order valence-electron chi connectivity index (χ3n) is 4.92. The van der Waals surface area contributed by atoms with Crippen molar-refractivity contribution in [2.45, 2.75) is 45.7 Å². The third kappa shape index (κ3) is 5.43. The minimum Gasteiger partial charge on any atom is -0.352 e. The Morgan fingerprint density at radius 3 is 2.36 bits per heavy atom. The minimum atomic E-state index is 0.0802. The number of benzene rings is 2. The molecule has 1 amide bonds. The first-order chi connectivity index (χ1) is 12.2. The number of nitrogens with zero attached hydrogens (tertiary/aromatic N) is 1. The van der Waals surface area contributed by atoms with E-state index in [9.17, 15) is 4.79 Å². The van der Waals surface area contributed by atoms with Crippen LogP contribution < -0.4 is 5.32 Å². The van der Waals surface area contributed by atoms with Crippen LogP contribution in [0.1, 0.15) is 41.5 Å². The number of aryl methyl sites for hydroxylation is 1. The molecule has 0 bridgehead atoms. The van der Waals surface area contributed by atoms with Gasteiger partial charge in [0.2, 0.25) is 5.91 Å². The average Bonchev–Trinajstić information content (AvgIpc) is 2.64.